The summed E-state index contributed by atoms with van der Waals surface area (Å²) < 4.78 is 4.55. The summed E-state index contributed by atoms with van der Waals surface area (Å²) in [5, 5.41) is 11.7. The van der Waals surface area contributed by atoms with Crippen molar-refractivity contribution in [2.75, 3.05) is 11.9 Å². The second-order valence-electron chi connectivity index (χ2n) is 3.69. The lowest BCUT2D eigenvalue weighted by molar-refractivity contribution is -0.152. The minimum atomic E-state index is -1.04. The van der Waals surface area contributed by atoms with Gasteiger partial charge in [-0.1, -0.05) is 13.3 Å². The third-order valence-corrected chi connectivity index (χ3v) is 3.30. The smallest absolute Gasteiger partial charge is 0.397 e. The highest BCUT2D eigenvalue weighted by Crippen LogP contribution is 2.28. The van der Waals surface area contributed by atoms with Crippen LogP contribution in [0.1, 0.15) is 35.5 Å². The molecule has 7 heteroatoms. The van der Waals surface area contributed by atoms with Gasteiger partial charge in [0.25, 0.3) is 0 Å². The SMILES string of the molecule is CCCc1cc(NC(=O)C(=O)OCC)sc1C(=O)O. The summed E-state index contributed by atoms with van der Waals surface area (Å²) in [6.07, 6.45) is 1.40. The predicted octanol–water partition coefficient (Wildman–Crippen LogP) is 1.90. The van der Waals surface area contributed by atoms with Gasteiger partial charge in [-0.3, -0.25) is 4.79 Å². The predicted molar refractivity (Wildman–Crippen MR) is 70.5 cm³/mol. The van der Waals surface area contributed by atoms with Crippen molar-refractivity contribution in [2.45, 2.75) is 26.7 Å². The number of carbonyl (C=O) groups excluding carboxylic acids is 2. The van der Waals surface area contributed by atoms with Gasteiger partial charge in [-0.05, 0) is 25.0 Å². The molecule has 1 aromatic heterocycles. The quantitative estimate of drug-likeness (QED) is 0.636. The highest BCUT2D eigenvalue weighted by molar-refractivity contribution is 7.18. The maximum Gasteiger partial charge on any atom is 0.397 e. The number of carbonyl (C=O) groups is 3. The van der Waals surface area contributed by atoms with Crippen LogP contribution in [-0.2, 0) is 20.7 Å². The third-order valence-electron chi connectivity index (χ3n) is 2.22. The van der Waals surface area contributed by atoms with Crippen molar-refractivity contribution < 1.29 is 24.2 Å². The van der Waals surface area contributed by atoms with E-state index in [1.165, 1.54) is 0 Å². The third kappa shape index (κ3) is 4.06. The van der Waals surface area contributed by atoms with Gasteiger partial charge in [0.1, 0.15) is 4.88 Å². The molecule has 0 saturated carbocycles. The zero-order valence-electron chi connectivity index (χ0n) is 10.7. The fourth-order valence-corrected chi connectivity index (χ4v) is 2.43. The Hall–Kier alpha value is -1.89. The molecule has 0 spiro atoms. The van der Waals surface area contributed by atoms with Crippen LogP contribution in [0.3, 0.4) is 0 Å². The van der Waals surface area contributed by atoms with Gasteiger partial charge in [0.15, 0.2) is 0 Å². The normalized spacial score (nSPS) is 10.0. The van der Waals surface area contributed by atoms with Crippen LogP contribution in [0, 0.1) is 0 Å². The van der Waals surface area contributed by atoms with Crippen LogP contribution in [-0.4, -0.2) is 29.6 Å². The number of hydrogen-bond donors (Lipinski definition) is 2. The lowest BCUT2D eigenvalue weighted by atomic mass is 10.1. The van der Waals surface area contributed by atoms with E-state index in [0.29, 0.717) is 17.0 Å². The second-order valence-corrected chi connectivity index (χ2v) is 4.75. The molecule has 0 aliphatic carbocycles. The summed E-state index contributed by atoms with van der Waals surface area (Å²) in [6.45, 7) is 3.64. The van der Waals surface area contributed by atoms with E-state index in [1.807, 2.05) is 6.92 Å². The number of ether oxygens (including phenoxy) is 1. The van der Waals surface area contributed by atoms with Crippen molar-refractivity contribution >= 4 is 34.2 Å². The van der Waals surface area contributed by atoms with E-state index in [0.717, 1.165) is 17.8 Å². The fourth-order valence-electron chi connectivity index (χ4n) is 1.49. The molecule has 0 saturated heterocycles. The Kier molecular flexibility index (Phi) is 5.50. The zero-order valence-corrected chi connectivity index (χ0v) is 11.5. The van der Waals surface area contributed by atoms with Crippen molar-refractivity contribution in [1.82, 2.24) is 0 Å². The van der Waals surface area contributed by atoms with Gasteiger partial charge < -0.3 is 15.2 Å². The molecule has 0 aliphatic rings. The van der Waals surface area contributed by atoms with E-state index < -0.39 is 17.8 Å². The Balaban J connectivity index is 2.84. The first kappa shape index (κ1) is 15.2. The lowest BCUT2D eigenvalue weighted by Crippen LogP contribution is -2.24. The summed E-state index contributed by atoms with van der Waals surface area (Å²) in [6, 6.07) is 1.58. The molecule has 0 radical (unpaired) electrons. The molecule has 0 bridgehead atoms. The number of anilines is 1. The molecular formula is C12H15NO5S. The molecular weight excluding hydrogens is 270 g/mol. The van der Waals surface area contributed by atoms with Crippen LogP contribution in [0.4, 0.5) is 5.00 Å². The van der Waals surface area contributed by atoms with Gasteiger partial charge in [0.05, 0.1) is 11.6 Å². The second kappa shape index (κ2) is 6.89. The number of esters is 1. The van der Waals surface area contributed by atoms with Crippen molar-refractivity contribution in [3.63, 3.8) is 0 Å². The molecule has 1 heterocycles. The van der Waals surface area contributed by atoms with E-state index in [1.54, 1.807) is 13.0 Å². The van der Waals surface area contributed by atoms with Crippen LogP contribution in [0.25, 0.3) is 0 Å². The number of thiophene rings is 1. The highest BCUT2D eigenvalue weighted by atomic mass is 32.1. The number of amides is 1. The van der Waals surface area contributed by atoms with Gasteiger partial charge in [0.2, 0.25) is 0 Å². The van der Waals surface area contributed by atoms with Crippen LogP contribution in [0.2, 0.25) is 0 Å². The summed E-state index contributed by atoms with van der Waals surface area (Å²) >= 11 is 0.932. The molecule has 104 valence electrons. The minimum Gasteiger partial charge on any atom is -0.477 e. The first-order valence-electron chi connectivity index (χ1n) is 5.83. The Morgan fingerprint density at radius 2 is 2.05 bits per heavy atom. The molecule has 0 aliphatic heterocycles. The van der Waals surface area contributed by atoms with Crippen molar-refractivity contribution in [3.05, 3.63) is 16.5 Å². The molecule has 6 nitrogen and oxygen atoms in total. The minimum absolute atomic E-state index is 0.109. The molecule has 0 fully saturated rings. The van der Waals surface area contributed by atoms with Crippen LogP contribution >= 0.6 is 11.3 Å². The lowest BCUT2D eigenvalue weighted by Gasteiger charge is -2.01. The number of hydrogen-bond acceptors (Lipinski definition) is 5. The van der Waals surface area contributed by atoms with Gasteiger partial charge in [-0.2, -0.15) is 0 Å². The highest BCUT2D eigenvalue weighted by Gasteiger charge is 2.19. The van der Waals surface area contributed by atoms with Gasteiger partial charge in [-0.25, -0.2) is 9.59 Å². The standard InChI is InChI=1S/C12H15NO5S/c1-3-5-7-6-8(19-9(7)11(15)16)13-10(14)12(17)18-4-2/h6H,3-5H2,1-2H3,(H,13,14)(H,15,16). The fraction of sp³-hybridized carbons (Fsp3) is 0.417. The summed E-state index contributed by atoms with van der Waals surface area (Å²) in [5.74, 6) is -2.92. The number of carboxylic acid groups (broad SMARTS) is 1. The van der Waals surface area contributed by atoms with Gasteiger partial charge in [-0.15, -0.1) is 11.3 Å². The first-order valence-corrected chi connectivity index (χ1v) is 6.65. The molecule has 1 aromatic rings. The van der Waals surface area contributed by atoms with Crippen LogP contribution in [0.15, 0.2) is 6.07 Å². The van der Waals surface area contributed by atoms with E-state index in [4.69, 9.17) is 5.11 Å². The van der Waals surface area contributed by atoms with E-state index in [2.05, 4.69) is 10.1 Å². The van der Waals surface area contributed by atoms with Crippen LogP contribution < -0.4 is 5.32 Å². The van der Waals surface area contributed by atoms with E-state index in [9.17, 15) is 14.4 Å². The number of nitrogens with one attached hydrogen (secondary N) is 1. The summed E-state index contributed by atoms with van der Waals surface area (Å²) in [5.41, 5.74) is 0.652. The number of carboxylic acids is 1. The van der Waals surface area contributed by atoms with Gasteiger partial charge in [0, 0.05) is 0 Å². The van der Waals surface area contributed by atoms with Crippen molar-refractivity contribution in [1.29, 1.82) is 0 Å². The van der Waals surface area contributed by atoms with Crippen molar-refractivity contribution in [3.8, 4) is 0 Å². The van der Waals surface area contributed by atoms with Crippen molar-refractivity contribution in [2.24, 2.45) is 0 Å². The zero-order chi connectivity index (χ0) is 14.4. The number of aromatic carboxylic acids is 1. The number of rotatable bonds is 5. The Labute approximate surface area is 114 Å². The summed E-state index contributed by atoms with van der Waals surface area (Å²) in [7, 11) is 0. The summed E-state index contributed by atoms with van der Waals surface area (Å²) in [4.78, 5) is 33.8. The maximum atomic E-state index is 11.4. The largest absolute Gasteiger partial charge is 0.477 e. The Morgan fingerprint density at radius 1 is 1.37 bits per heavy atom. The average molecular weight is 285 g/mol. The number of aryl methyl sites for hydroxylation is 1. The molecule has 1 rings (SSSR count). The Morgan fingerprint density at radius 3 is 2.58 bits per heavy atom. The van der Waals surface area contributed by atoms with Gasteiger partial charge >= 0.3 is 17.8 Å². The molecule has 0 atom stereocenters. The molecule has 2 N–H and O–H groups in total. The van der Waals surface area contributed by atoms with E-state index >= 15 is 0 Å². The average Bonchev–Trinajstić information content (AvgIpc) is 2.73. The topological polar surface area (TPSA) is 92.7 Å². The van der Waals surface area contributed by atoms with Crippen LogP contribution in [0.5, 0.6) is 0 Å². The molecule has 0 unspecified atom stereocenters. The monoisotopic (exact) mass is 285 g/mol. The first-order chi connectivity index (χ1) is 8.99. The molecule has 19 heavy (non-hydrogen) atoms. The van der Waals surface area contributed by atoms with E-state index in [-0.39, 0.29) is 11.5 Å². The Bertz CT molecular complexity index is 494. The molecule has 0 aromatic carbocycles. The molecule has 1 amide bonds. The maximum absolute atomic E-state index is 11.4.